The lowest BCUT2D eigenvalue weighted by Crippen LogP contribution is -2.27. The van der Waals surface area contributed by atoms with E-state index in [2.05, 4.69) is 30.7 Å². The van der Waals surface area contributed by atoms with E-state index in [1.165, 1.54) is 11.3 Å². The van der Waals surface area contributed by atoms with Gasteiger partial charge in [0.1, 0.15) is 0 Å². The highest BCUT2D eigenvalue weighted by atomic mass is 32.1. The average molecular weight is 212 g/mol. The van der Waals surface area contributed by atoms with Crippen molar-refractivity contribution >= 4 is 19.7 Å². The first kappa shape index (κ1) is 10.4. The predicted octanol–water partition coefficient (Wildman–Crippen LogP) is 2.56. The summed E-state index contributed by atoms with van der Waals surface area (Å²) in [6.45, 7) is 6.20. The van der Waals surface area contributed by atoms with E-state index in [0.29, 0.717) is 0 Å². The van der Waals surface area contributed by atoms with Gasteiger partial charge in [-0.2, -0.15) is 5.26 Å². The zero-order chi connectivity index (χ0) is 9.90. The quantitative estimate of drug-likeness (QED) is 0.723. The minimum atomic E-state index is -1.64. The zero-order valence-electron chi connectivity index (χ0n) is 7.94. The summed E-state index contributed by atoms with van der Waals surface area (Å²) < 4.78 is 5.68. The van der Waals surface area contributed by atoms with Gasteiger partial charge in [-0.15, -0.1) is 11.3 Å². The molecule has 1 aromatic rings. The fraction of sp³-hybridized carbons (Fsp3) is 0.500. The topological polar surface area (TPSA) is 45.9 Å². The van der Waals surface area contributed by atoms with Gasteiger partial charge in [0.15, 0.2) is 14.4 Å². The van der Waals surface area contributed by atoms with Crippen molar-refractivity contribution in [3.05, 3.63) is 16.6 Å². The van der Waals surface area contributed by atoms with Crippen molar-refractivity contribution in [1.82, 2.24) is 4.98 Å². The first-order chi connectivity index (χ1) is 6.03. The fourth-order valence-electron chi connectivity index (χ4n) is 0.857. The number of thiazole rings is 1. The SMILES string of the molecule is C[Si](C)(C)OC(C#N)c1cncs1. The maximum atomic E-state index is 8.89. The summed E-state index contributed by atoms with van der Waals surface area (Å²) in [5.41, 5.74) is 1.72. The van der Waals surface area contributed by atoms with Gasteiger partial charge in [-0.3, -0.25) is 4.98 Å². The number of rotatable bonds is 3. The maximum Gasteiger partial charge on any atom is 0.186 e. The normalized spacial score (nSPS) is 13.7. The number of hydrogen-bond donors (Lipinski definition) is 0. The van der Waals surface area contributed by atoms with Crippen LogP contribution in [0.2, 0.25) is 19.6 Å². The highest BCUT2D eigenvalue weighted by Crippen LogP contribution is 2.23. The number of aromatic nitrogens is 1. The molecule has 1 atom stereocenters. The lowest BCUT2D eigenvalue weighted by molar-refractivity contribution is 0.258. The molecule has 1 aromatic heterocycles. The highest BCUT2D eigenvalue weighted by Gasteiger charge is 2.22. The van der Waals surface area contributed by atoms with Crippen molar-refractivity contribution < 1.29 is 4.43 Å². The zero-order valence-corrected chi connectivity index (χ0v) is 9.76. The van der Waals surface area contributed by atoms with Crippen LogP contribution in [0.1, 0.15) is 11.0 Å². The van der Waals surface area contributed by atoms with Gasteiger partial charge in [0.25, 0.3) is 0 Å². The smallest absolute Gasteiger partial charge is 0.186 e. The van der Waals surface area contributed by atoms with Crippen molar-refractivity contribution in [2.75, 3.05) is 0 Å². The van der Waals surface area contributed by atoms with Crippen molar-refractivity contribution in [3.8, 4) is 6.07 Å². The molecule has 70 valence electrons. The molecule has 0 aromatic carbocycles. The van der Waals surface area contributed by atoms with Crippen molar-refractivity contribution in [2.24, 2.45) is 0 Å². The Morgan fingerprint density at radius 1 is 1.62 bits per heavy atom. The second kappa shape index (κ2) is 4.00. The summed E-state index contributed by atoms with van der Waals surface area (Å²) in [6.07, 6.45) is 1.26. The van der Waals surface area contributed by atoms with Crippen LogP contribution >= 0.6 is 11.3 Å². The number of nitrogens with zero attached hydrogens (tertiary/aromatic N) is 2. The van der Waals surface area contributed by atoms with Crippen LogP contribution in [0.4, 0.5) is 0 Å². The standard InChI is InChI=1S/C8H12N2OSSi/c1-13(2,3)11-7(4-9)8-5-10-6-12-8/h5-7H,1-3H3. The largest absolute Gasteiger partial charge is 0.398 e. The van der Waals surface area contributed by atoms with E-state index in [0.717, 1.165) is 4.88 Å². The third kappa shape index (κ3) is 3.26. The molecule has 3 nitrogen and oxygen atoms in total. The Balaban J connectivity index is 2.72. The maximum absolute atomic E-state index is 8.89. The molecule has 0 saturated heterocycles. The second-order valence-corrected chi connectivity index (χ2v) is 9.02. The summed E-state index contributed by atoms with van der Waals surface area (Å²) in [6, 6.07) is 2.14. The lowest BCUT2D eigenvalue weighted by atomic mass is 10.3. The molecule has 1 rings (SSSR count). The van der Waals surface area contributed by atoms with Gasteiger partial charge in [0.2, 0.25) is 0 Å². The summed E-state index contributed by atoms with van der Waals surface area (Å²) in [5.74, 6) is 0. The molecule has 0 aliphatic carbocycles. The van der Waals surface area contributed by atoms with Gasteiger partial charge < -0.3 is 4.43 Å². The number of hydrogen-bond acceptors (Lipinski definition) is 4. The predicted molar refractivity (Wildman–Crippen MR) is 54.9 cm³/mol. The summed E-state index contributed by atoms with van der Waals surface area (Å²) in [4.78, 5) is 4.82. The molecule has 0 saturated carbocycles. The average Bonchev–Trinajstić information content (AvgIpc) is 2.50. The van der Waals surface area contributed by atoms with E-state index in [9.17, 15) is 0 Å². The van der Waals surface area contributed by atoms with Gasteiger partial charge >= 0.3 is 0 Å². The fourth-order valence-corrected chi connectivity index (χ4v) is 2.42. The Labute approximate surface area is 83.1 Å². The molecular weight excluding hydrogens is 200 g/mol. The van der Waals surface area contributed by atoms with Crippen LogP contribution in [0.3, 0.4) is 0 Å². The summed E-state index contributed by atoms with van der Waals surface area (Å²) in [5, 5.41) is 8.89. The van der Waals surface area contributed by atoms with Crippen molar-refractivity contribution in [1.29, 1.82) is 5.26 Å². The van der Waals surface area contributed by atoms with Crippen LogP contribution in [0, 0.1) is 11.3 Å². The monoisotopic (exact) mass is 212 g/mol. The van der Waals surface area contributed by atoms with Crippen LogP contribution in [-0.4, -0.2) is 13.3 Å². The van der Waals surface area contributed by atoms with Crippen molar-refractivity contribution in [2.45, 2.75) is 25.7 Å². The third-order valence-corrected chi connectivity index (χ3v) is 3.06. The van der Waals surface area contributed by atoms with Gasteiger partial charge in [0.05, 0.1) is 16.5 Å². The summed E-state index contributed by atoms with van der Waals surface area (Å²) >= 11 is 1.46. The molecule has 0 N–H and O–H groups in total. The van der Waals surface area contributed by atoms with E-state index in [-0.39, 0.29) is 0 Å². The summed E-state index contributed by atoms with van der Waals surface area (Å²) in [7, 11) is -1.64. The third-order valence-electron chi connectivity index (χ3n) is 1.30. The van der Waals surface area contributed by atoms with E-state index in [1.807, 2.05) is 0 Å². The van der Waals surface area contributed by atoms with Crippen LogP contribution in [0.5, 0.6) is 0 Å². The molecule has 1 heterocycles. The molecule has 1 unspecified atom stereocenters. The Bertz CT molecular complexity index is 299. The van der Waals surface area contributed by atoms with Gasteiger partial charge in [-0.25, -0.2) is 0 Å². The minimum absolute atomic E-state index is 0.431. The van der Waals surface area contributed by atoms with Gasteiger partial charge in [-0.05, 0) is 19.6 Å². The Morgan fingerprint density at radius 2 is 2.31 bits per heavy atom. The van der Waals surface area contributed by atoms with E-state index >= 15 is 0 Å². The second-order valence-electron chi connectivity index (χ2n) is 3.64. The van der Waals surface area contributed by atoms with Crippen LogP contribution in [0.25, 0.3) is 0 Å². The molecule has 0 fully saturated rings. The molecular formula is C8H12N2OSSi. The van der Waals surface area contributed by atoms with Crippen LogP contribution in [0.15, 0.2) is 11.7 Å². The molecule has 0 aliphatic rings. The number of nitriles is 1. The van der Waals surface area contributed by atoms with E-state index in [1.54, 1.807) is 11.7 Å². The van der Waals surface area contributed by atoms with E-state index < -0.39 is 14.4 Å². The first-order valence-corrected chi connectivity index (χ1v) is 8.27. The first-order valence-electron chi connectivity index (χ1n) is 3.99. The minimum Gasteiger partial charge on any atom is -0.398 e. The lowest BCUT2D eigenvalue weighted by Gasteiger charge is -2.20. The molecule has 0 aliphatic heterocycles. The van der Waals surface area contributed by atoms with Crippen LogP contribution in [-0.2, 0) is 4.43 Å². The molecule has 13 heavy (non-hydrogen) atoms. The Kier molecular flexibility index (Phi) is 3.20. The van der Waals surface area contributed by atoms with E-state index in [4.69, 9.17) is 9.69 Å². The van der Waals surface area contributed by atoms with Gasteiger partial charge in [-0.1, -0.05) is 0 Å². The molecule has 0 spiro atoms. The van der Waals surface area contributed by atoms with Crippen molar-refractivity contribution in [3.63, 3.8) is 0 Å². The Hall–Kier alpha value is -0.703. The van der Waals surface area contributed by atoms with Crippen LogP contribution < -0.4 is 0 Å². The highest BCUT2D eigenvalue weighted by molar-refractivity contribution is 7.09. The molecule has 0 amide bonds. The Morgan fingerprint density at radius 3 is 2.69 bits per heavy atom. The molecule has 0 radical (unpaired) electrons. The molecule has 5 heteroatoms. The molecule has 0 bridgehead atoms. The van der Waals surface area contributed by atoms with Gasteiger partial charge in [0, 0.05) is 6.20 Å².